The van der Waals surface area contributed by atoms with Gasteiger partial charge in [-0.1, -0.05) is 23.9 Å². The molecule has 0 aliphatic rings. The van der Waals surface area contributed by atoms with Gasteiger partial charge in [0.15, 0.2) is 5.16 Å². The molecule has 3 rings (SSSR count). The summed E-state index contributed by atoms with van der Waals surface area (Å²) in [4.78, 5) is 18.1. The van der Waals surface area contributed by atoms with Gasteiger partial charge >= 0.3 is 0 Å². The zero-order valence-electron chi connectivity index (χ0n) is 14.8. The number of carbonyl (C=O) groups is 1. The standard InChI is InChI=1S/C19H19FN4O2S/c1-24(10-11-26-17-8-6-16(20)7-9-17)18(25)15-4-2-14(3-5-15)12-27-19-21-13-22-23-19/h2-9,13H,10-12H2,1H3,(H,21,22,23). The van der Waals surface area contributed by atoms with Crippen molar-refractivity contribution in [2.45, 2.75) is 10.9 Å². The van der Waals surface area contributed by atoms with Crippen molar-refractivity contribution in [2.24, 2.45) is 0 Å². The van der Waals surface area contributed by atoms with E-state index in [-0.39, 0.29) is 11.7 Å². The highest BCUT2D eigenvalue weighted by atomic mass is 32.2. The largest absolute Gasteiger partial charge is 0.492 e. The van der Waals surface area contributed by atoms with Crippen molar-refractivity contribution in [3.05, 3.63) is 71.8 Å². The summed E-state index contributed by atoms with van der Waals surface area (Å²) in [6.07, 6.45) is 1.47. The van der Waals surface area contributed by atoms with Crippen LogP contribution in [0, 0.1) is 5.82 Å². The number of benzene rings is 2. The molecule has 140 valence electrons. The summed E-state index contributed by atoms with van der Waals surface area (Å²) in [7, 11) is 1.73. The fraction of sp³-hybridized carbons (Fsp3) is 0.211. The van der Waals surface area contributed by atoms with Gasteiger partial charge in [0.1, 0.15) is 24.5 Å². The predicted octanol–water partition coefficient (Wildman–Crippen LogP) is 3.39. The topological polar surface area (TPSA) is 71.1 Å². The Hall–Kier alpha value is -2.87. The Morgan fingerprint density at radius 3 is 2.59 bits per heavy atom. The van der Waals surface area contributed by atoms with Gasteiger partial charge in [0, 0.05) is 18.4 Å². The zero-order valence-corrected chi connectivity index (χ0v) is 15.6. The van der Waals surface area contributed by atoms with Crippen LogP contribution in [0.5, 0.6) is 5.75 Å². The third kappa shape index (κ3) is 5.55. The van der Waals surface area contributed by atoms with Crippen molar-refractivity contribution in [1.29, 1.82) is 0 Å². The van der Waals surface area contributed by atoms with Crippen LogP contribution in [0.1, 0.15) is 15.9 Å². The first-order valence-corrected chi connectivity index (χ1v) is 9.31. The third-order valence-corrected chi connectivity index (χ3v) is 4.77. The summed E-state index contributed by atoms with van der Waals surface area (Å²) in [5.74, 6) is 0.931. The molecule has 0 unspecified atom stereocenters. The monoisotopic (exact) mass is 386 g/mol. The van der Waals surface area contributed by atoms with Crippen LogP contribution in [-0.2, 0) is 5.75 Å². The Morgan fingerprint density at radius 1 is 1.19 bits per heavy atom. The Morgan fingerprint density at radius 2 is 1.93 bits per heavy atom. The number of rotatable bonds is 8. The Labute approximate surface area is 160 Å². The quantitative estimate of drug-likeness (QED) is 0.601. The molecule has 8 heteroatoms. The number of ether oxygens (including phenoxy) is 1. The minimum atomic E-state index is -0.308. The number of hydrogen-bond acceptors (Lipinski definition) is 5. The number of hydrogen-bond donors (Lipinski definition) is 1. The number of nitrogens with one attached hydrogen (secondary N) is 1. The van der Waals surface area contributed by atoms with Crippen LogP contribution in [0.3, 0.4) is 0 Å². The number of halogens is 1. The van der Waals surface area contributed by atoms with Crippen LogP contribution in [0.2, 0.25) is 0 Å². The molecule has 0 spiro atoms. The molecule has 0 bridgehead atoms. The van der Waals surface area contributed by atoms with Gasteiger partial charge in [0.05, 0.1) is 6.54 Å². The molecule has 0 atom stereocenters. The predicted molar refractivity (Wildman–Crippen MR) is 101 cm³/mol. The number of thioether (sulfide) groups is 1. The maximum absolute atomic E-state index is 12.9. The summed E-state index contributed by atoms with van der Waals surface area (Å²) < 4.78 is 18.4. The molecule has 3 aromatic rings. The van der Waals surface area contributed by atoms with Gasteiger partial charge in [-0.25, -0.2) is 9.37 Å². The number of amides is 1. The first-order valence-electron chi connectivity index (χ1n) is 8.33. The van der Waals surface area contributed by atoms with Crippen LogP contribution in [0.15, 0.2) is 60.0 Å². The van der Waals surface area contributed by atoms with Gasteiger partial charge < -0.3 is 9.64 Å². The van der Waals surface area contributed by atoms with Gasteiger partial charge in [-0.15, -0.1) is 0 Å². The van der Waals surface area contributed by atoms with Crippen molar-refractivity contribution in [1.82, 2.24) is 20.1 Å². The van der Waals surface area contributed by atoms with Gasteiger partial charge in [-0.3, -0.25) is 9.89 Å². The molecule has 0 radical (unpaired) electrons. The van der Waals surface area contributed by atoms with Crippen LogP contribution in [-0.4, -0.2) is 46.2 Å². The first-order chi connectivity index (χ1) is 13.1. The van der Waals surface area contributed by atoms with Gasteiger partial charge in [0.25, 0.3) is 5.91 Å². The normalized spacial score (nSPS) is 10.6. The van der Waals surface area contributed by atoms with Gasteiger partial charge in [-0.05, 0) is 42.0 Å². The van der Waals surface area contributed by atoms with E-state index in [1.54, 1.807) is 35.8 Å². The average Bonchev–Trinajstić information content (AvgIpc) is 3.21. The van der Waals surface area contributed by atoms with E-state index in [2.05, 4.69) is 15.2 Å². The summed E-state index contributed by atoms with van der Waals surface area (Å²) in [6, 6.07) is 13.3. The van der Waals surface area contributed by atoms with Crippen LogP contribution < -0.4 is 4.74 Å². The van der Waals surface area contributed by atoms with E-state index in [0.29, 0.717) is 24.5 Å². The van der Waals surface area contributed by atoms with Crippen molar-refractivity contribution >= 4 is 17.7 Å². The maximum Gasteiger partial charge on any atom is 0.253 e. The van der Waals surface area contributed by atoms with Crippen LogP contribution in [0.25, 0.3) is 0 Å². The number of H-pyrrole nitrogens is 1. The average molecular weight is 386 g/mol. The molecule has 1 amide bonds. The molecule has 2 aromatic carbocycles. The second-order valence-electron chi connectivity index (χ2n) is 5.81. The fourth-order valence-corrected chi connectivity index (χ4v) is 3.05. The second kappa shape index (κ2) is 9.18. The smallest absolute Gasteiger partial charge is 0.253 e. The molecule has 0 aliphatic carbocycles. The maximum atomic E-state index is 12.9. The number of likely N-dealkylation sites (N-methyl/N-ethyl adjacent to an activating group) is 1. The second-order valence-corrected chi connectivity index (χ2v) is 6.77. The molecule has 0 saturated carbocycles. The van der Waals surface area contributed by atoms with E-state index < -0.39 is 0 Å². The lowest BCUT2D eigenvalue weighted by Gasteiger charge is -2.17. The highest BCUT2D eigenvalue weighted by Gasteiger charge is 2.11. The van der Waals surface area contributed by atoms with Gasteiger partial charge in [0.2, 0.25) is 0 Å². The molecule has 1 aromatic heterocycles. The SMILES string of the molecule is CN(CCOc1ccc(F)cc1)C(=O)c1ccc(CSc2ncn[nH]2)cc1. The Kier molecular flexibility index (Phi) is 6.43. The Balaban J connectivity index is 1.46. The summed E-state index contributed by atoms with van der Waals surface area (Å²) in [6.45, 7) is 0.763. The molecule has 0 saturated heterocycles. The van der Waals surface area contributed by atoms with E-state index in [0.717, 1.165) is 16.5 Å². The van der Waals surface area contributed by atoms with Crippen molar-refractivity contribution in [3.8, 4) is 5.75 Å². The first kappa shape index (κ1) is 18.9. The van der Waals surface area contributed by atoms with E-state index in [9.17, 15) is 9.18 Å². The zero-order chi connectivity index (χ0) is 19.1. The molecule has 0 aliphatic heterocycles. The van der Waals surface area contributed by atoms with E-state index in [1.165, 1.54) is 18.5 Å². The highest BCUT2D eigenvalue weighted by Crippen LogP contribution is 2.19. The lowest BCUT2D eigenvalue weighted by Crippen LogP contribution is -2.30. The molecular formula is C19H19FN4O2S. The number of carbonyl (C=O) groups excluding carboxylic acids is 1. The van der Waals surface area contributed by atoms with Crippen molar-refractivity contribution in [3.63, 3.8) is 0 Å². The van der Waals surface area contributed by atoms with E-state index >= 15 is 0 Å². The molecule has 0 fully saturated rings. The summed E-state index contributed by atoms with van der Waals surface area (Å²) in [5.41, 5.74) is 1.71. The minimum absolute atomic E-state index is 0.0767. The lowest BCUT2D eigenvalue weighted by atomic mass is 10.1. The highest BCUT2D eigenvalue weighted by molar-refractivity contribution is 7.98. The molecule has 1 heterocycles. The summed E-state index contributed by atoms with van der Waals surface area (Å²) >= 11 is 1.55. The van der Waals surface area contributed by atoms with Crippen molar-refractivity contribution < 1.29 is 13.9 Å². The number of nitrogens with zero attached hydrogens (tertiary/aromatic N) is 3. The number of aromatic nitrogens is 3. The minimum Gasteiger partial charge on any atom is -0.492 e. The summed E-state index contributed by atoms with van der Waals surface area (Å²) in [5, 5.41) is 7.36. The van der Waals surface area contributed by atoms with Crippen molar-refractivity contribution in [2.75, 3.05) is 20.2 Å². The van der Waals surface area contributed by atoms with Gasteiger partial charge in [-0.2, -0.15) is 5.10 Å². The molecule has 27 heavy (non-hydrogen) atoms. The number of aromatic amines is 1. The van der Waals surface area contributed by atoms with E-state index in [4.69, 9.17) is 4.74 Å². The lowest BCUT2D eigenvalue weighted by molar-refractivity contribution is 0.0774. The van der Waals surface area contributed by atoms with Crippen LogP contribution >= 0.6 is 11.8 Å². The fourth-order valence-electron chi connectivity index (χ4n) is 2.31. The Bertz CT molecular complexity index is 854. The van der Waals surface area contributed by atoms with Crippen LogP contribution in [0.4, 0.5) is 4.39 Å². The third-order valence-electron chi connectivity index (χ3n) is 3.83. The van der Waals surface area contributed by atoms with E-state index in [1.807, 2.05) is 24.3 Å². The molecule has 6 nitrogen and oxygen atoms in total. The molecule has 1 N–H and O–H groups in total. The molecular weight excluding hydrogens is 367 g/mol.